The lowest BCUT2D eigenvalue weighted by atomic mass is 9.69. The fourth-order valence-electron chi connectivity index (χ4n) is 2.06. The highest BCUT2D eigenvalue weighted by molar-refractivity contribution is 5.75. The molecular formula is C12H24N2O. The molecule has 0 spiro atoms. The van der Waals surface area contributed by atoms with Crippen LogP contribution in [-0.4, -0.2) is 23.0 Å². The summed E-state index contributed by atoms with van der Waals surface area (Å²) in [5.41, 5.74) is 3.28. The quantitative estimate of drug-likeness (QED) is 0.762. The molecule has 1 N–H and O–H groups in total. The maximum Gasteiger partial charge on any atom is 0.234 e. The van der Waals surface area contributed by atoms with Crippen LogP contribution in [0.2, 0.25) is 0 Å². The van der Waals surface area contributed by atoms with Gasteiger partial charge in [-0.05, 0) is 32.1 Å². The Morgan fingerprint density at radius 1 is 1.33 bits per heavy atom. The molecule has 1 fully saturated rings. The number of nitrogens with zero attached hydrogens (tertiary/aromatic N) is 1. The van der Waals surface area contributed by atoms with E-state index in [0.717, 1.165) is 13.0 Å². The van der Waals surface area contributed by atoms with Crippen LogP contribution in [0.4, 0.5) is 0 Å². The van der Waals surface area contributed by atoms with Gasteiger partial charge in [0.25, 0.3) is 0 Å². The predicted octanol–water partition coefficient (Wildman–Crippen LogP) is 2.33. The van der Waals surface area contributed by atoms with E-state index < -0.39 is 0 Å². The Labute approximate surface area is 93.2 Å². The summed E-state index contributed by atoms with van der Waals surface area (Å²) in [6.45, 7) is 11.8. The summed E-state index contributed by atoms with van der Waals surface area (Å²) in [5.74, 6) is 0.112. The highest BCUT2D eigenvalue weighted by Crippen LogP contribution is 2.42. The van der Waals surface area contributed by atoms with Crippen LogP contribution >= 0.6 is 0 Å². The van der Waals surface area contributed by atoms with Crippen LogP contribution in [0.15, 0.2) is 0 Å². The number of piperidine rings is 1. The van der Waals surface area contributed by atoms with Crippen LogP contribution in [-0.2, 0) is 4.79 Å². The minimum atomic E-state index is 0.0239. The van der Waals surface area contributed by atoms with Gasteiger partial charge in [-0.2, -0.15) is 0 Å². The Hall–Kier alpha value is -0.570. The standard InChI is InChI=1S/C12H24N2O/c1-6-10(15)13-14-9-7-8-11(2,3)12(14,4)5/h6-9H2,1-5H3,(H,13,15). The maximum absolute atomic E-state index is 11.4. The molecule has 0 aromatic carbocycles. The van der Waals surface area contributed by atoms with Gasteiger partial charge < -0.3 is 0 Å². The van der Waals surface area contributed by atoms with Crippen LogP contribution in [0.3, 0.4) is 0 Å². The van der Waals surface area contributed by atoms with Crippen molar-refractivity contribution in [3.63, 3.8) is 0 Å². The minimum absolute atomic E-state index is 0.0239. The lowest BCUT2D eigenvalue weighted by molar-refractivity contribution is -0.135. The Morgan fingerprint density at radius 3 is 2.47 bits per heavy atom. The van der Waals surface area contributed by atoms with Crippen molar-refractivity contribution in [2.24, 2.45) is 5.41 Å². The third kappa shape index (κ3) is 2.33. The van der Waals surface area contributed by atoms with Gasteiger partial charge in [-0.3, -0.25) is 10.2 Å². The van der Waals surface area contributed by atoms with Crippen LogP contribution in [0, 0.1) is 5.41 Å². The van der Waals surface area contributed by atoms with Crippen molar-refractivity contribution in [1.29, 1.82) is 0 Å². The Kier molecular flexibility index (Phi) is 3.44. The van der Waals surface area contributed by atoms with E-state index in [1.807, 2.05) is 6.92 Å². The van der Waals surface area contributed by atoms with E-state index in [0.29, 0.717) is 6.42 Å². The van der Waals surface area contributed by atoms with Gasteiger partial charge in [0.15, 0.2) is 0 Å². The molecule has 0 atom stereocenters. The second kappa shape index (κ2) is 4.12. The molecule has 0 unspecified atom stereocenters. The zero-order chi connectivity index (χ0) is 11.7. The molecule has 0 aliphatic carbocycles. The molecule has 0 radical (unpaired) electrons. The molecule has 15 heavy (non-hydrogen) atoms. The molecular weight excluding hydrogens is 188 g/mol. The van der Waals surface area contributed by atoms with Crippen molar-refractivity contribution in [3.8, 4) is 0 Å². The third-order valence-corrected chi connectivity index (χ3v) is 4.10. The first-order valence-corrected chi connectivity index (χ1v) is 5.88. The van der Waals surface area contributed by atoms with Gasteiger partial charge in [0.1, 0.15) is 0 Å². The first kappa shape index (κ1) is 12.5. The summed E-state index contributed by atoms with van der Waals surface area (Å²) >= 11 is 0. The van der Waals surface area contributed by atoms with E-state index in [1.165, 1.54) is 6.42 Å². The van der Waals surface area contributed by atoms with E-state index in [4.69, 9.17) is 0 Å². The summed E-state index contributed by atoms with van der Waals surface area (Å²) in [7, 11) is 0. The Bertz CT molecular complexity index is 246. The maximum atomic E-state index is 11.4. The Morgan fingerprint density at radius 2 is 1.93 bits per heavy atom. The molecule has 1 rings (SSSR count). The van der Waals surface area contributed by atoms with E-state index in [-0.39, 0.29) is 16.9 Å². The molecule has 0 aromatic heterocycles. The van der Waals surface area contributed by atoms with E-state index in [2.05, 4.69) is 38.1 Å². The number of hydrogen-bond donors (Lipinski definition) is 1. The topological polar surface area (TPSA) is 32.3 Å². The van der Waals surface area contributed by atoms with Crippen LogP contribution in [0.5, 0.6) is 0 Å². The average molecular weight is 212 g/mol. The van der Waals surface area contributed by atoms with Crippen LogP contribution in [0.1, 0.15) is 53.9 Å². The molecule has 1 aliphatic heterocycles. The zero-order valence-electron chi connectivity index (χ0n) is 10.7. The summed E-state index contributed by atoms with van der Waals surface area (Å²) in [6.07, 6.45) is 2.92. The number of rotatable bonds is 2. The van der Waals surface area contributed by atoms with Crippen molar-refractivity contribution in [1.82, 2.24) is 10.4 Å². The molecule has 1 saturated heterocycles. The van der Waals surface area contributed by atoms with Crippen molar-refractivity contribution in [3.05, 3.63) is 0 Å². The average Bonchev–Trinajstić information content (AvgIpc) is 2.13. The second-order valence-corrected chi connectivity index (χ2v) is 5.59. The van der Waals surface area contributed by atoms with Gasteiger partial charge in [0, 0.05) is 18.5 Å². The molecule has 1 aliphatic rings. The SMILES string of the molecule is CCC(=O)NN1CCCC(C)(C)C1(C)C. The van der Waals surface area contributed by atoms with Gasteiger partial charge in [-0.1, -0.05) is 20.8 Å². The monoisotopic (exact) mass is 212 g/mol. The summed E-state index contributed by atoms with van der Waals surface area (Å²) in [5, 5.41) is 2.11. The number of nitrogens with one attached hydrogen (secondary N) is 1. The van der Waals surface area contributed by atoms with Crippen molar-refractivity contribution < 1.29 is 4.79 Å². The van der Waals surface area contributed by atoms with Gasteiger partial charge in [-0.25, -0.2) is 5.01 Å². The van der Waals surface area contributed by atoms with E-state index >= 15 is 0 Å². The molecule has 3 nitrogen and oxygen atoms in total. The van der Waals surface area contributed by atoms with Crippen molar-refractivity contribution in [2.45, 2.75) is 59.4 Å². The number of hydrogen-bond acceptors (Lipinski definition) is 2. The highest BCUT2D eigenvalue weighted by atomic mass is 16.2. The highest BCUT2D eigenvalue weighted by Gasteiger charge is 2.44. The number of carbonyl (C=O) groups is 1. The summed E-state index contributed by atoms with van der Waals surface area (Å²) < 4.78 is 0. The van der Waals surface area contributed by atoms with Gasteiger partial charge >= 0.3 is 0 Å². The molecule has 0 bridgehead atoms. The van der Waals surface area contributed by atoms with Crippen LogP contribution in [0.25, 0.3) is 0 Å². The number of hydrazine groups is 1. The largest absolute Gasteiger partial charge is 0.288 e. The summed E-state index contributed by atoms with van der Waals surface area (Å²) in [4.78, 5) is 11.4. The Balaban J connectivity index is 2.76. The van der Waals surface area contributed by atoms with Crippen molar-refractivity contribution in [2.75, 3.05) is 6.54 Å². The molecule has 1 amide bonds. The van der Waals surface area contributed by atoms with Crippen LogP contribution < -0.4 is 5.43 Å². The number of amides is 1. The lowest BCUT2D eigenvalue weighted by Gasteiger charge is -2.53. The predicted molar refractivity (Wildman–Crippen MR) is 62.2 cm³/mol. The third-order valence-electron chi connectivity index (χ3n) is 4.10. The molecule has 88 valence electrons. The minimum Gasteiger partial charge on any atom is -0.288 e. The molecule has 0 saturated carbocycles. The second-order valence-electron chi connectivity index (χ2n) is 5.59. The first-order valence-electron chi connectivity index (χ1n) is 5.88. The number of carbonyl (C=O) groups excluding carboxylic acids is 1. The van der Waals surface area contributed by atoms with Gasteiger partial charge in [0.05, 0.1) is 0 Å². The summed E-state index contributed by atoms with van der Waals surface area (Å²) in [6, 6.07) is 0. The zero-order valence-corrected chi connectivity index (χ0v) is 10.7. The normalized spacial score (nSPS) is 24.9. The smallest absolute Gasteiger partial charge is 0.234 e. The van der Waals surface area contributed by atoms with Gasteiger partial charge in [0.2, 0.25) is 5.91 Å². The first-order chi connectivity index (χ1) is 6.81. The molecule has 3 heteroatoms. The van der Waals surface area contributed by atoms with E-state index in [9.17, 15) is 4.79 Å². The van der Waals surface area contributed by atoms with E-state index in [1.54, 1.807) is 0 Å². The fraction of sp³-hybridized carbons (Fsp3) is 0.917. The lowest BCUT2D eigenvalue weighted by Crippen LogP contribution is -2.63. The fourth-order valence-corrected chi connectivity index (χ4v) is 2.06. The molecule has 1 heterocycles. The van der Waals surface area contributed by atoms with Gasteiger partial charge in [-0.15, -0.1) is 0 Å². The molecule has 0 aromatic rings. The van der Waals surface area contributed by atoms with Crippen molar-refractivity contribution >= 4 is 5.91 Å².